The van der Waals surface area contributed by atoms with Gasteiger partial charge in [0.25, 0.3) is 0 Å². The molecule has 4 rings (SSSR count). The molecule has 23 heavy (non-hydrogen) atoms. The first-order valence-corrected chi connectivity index (χ1v) is 7.19. The summed E-state index contributed by atoms with van der Waals surface area (Å²) in [5, 5.41) is 0.778. The van der Waals surface area contributed by atoms with Crippen LogP contribution in [0.2, 0.25) is 0 Å². The number of para-hydroxylation sites is 2. The Hall–Kier alpha value is -3.21. The van der Waals surface area contributed by atoms with E-state index in [1.807, 2.05) is 54.1 Å². The van der Waals surface area contributed by atoms with E-state index in [0.29, 0.717) is 17.2 Å². The molecule has 0 spiro atoms. The van der Waals surface area contributed by atoms with E-state index in [-0.39, 0.29) is 0 Å². The smallest absolute Gasteiger partial charge is 0.238 e. The first-order valence-electron chi connectivity index (χ1n) is 7.19. The third-order valence-electron chi connectivity index (χ3n) is 3.77. The lowest BCUT2D eigenvalue weighted by Crippen LogP contribution is -1.92. The van der Waals surface area contributed by atoms with Crippen molar-refractivity contribution < 1.29 is 9.53 Å². The van der Waals surface area contributed by atoms with Gasteiger partial charge in [0.15, 0.2) is 6.29 Å². The number of aromatic nitrogens is 3. The van der Waals surface area contributed by atoms with Crippen molar-refractivity contribution in [3.05, 3.63) is 60.4 Å². The molecule has 0 aliphatic heterocycles. The number of carbonyl (C=O) groups is 1. The van der Waals surface area contributed by atoms with Crippen LogP contribution in [0.15, 0.2) is 54.9 Å². The molecule has 4 aromatic rings. The molecule has 0 aliphatic rings. The van der Waals surface area contributed by atoms with Crippen molar-refractivity contribution in [2.45, 2.75) is 0 Å². The largest absolute Gasteiger partial charge is 0.437 e. The van der Waals surface area contributed by atoms with Crippen LogP contribution in [0.5, 0.6) is 11.6 Å². The molecule has 0 unspecified atom stereocenters. The van der Waals surface area contributed by atoms with E-state index < -0.39 is 0 Å². The first-order chi connectivity index (χ1) is 11.3. The monoisotopic (exact) mass is 303 g/mol. The topological polar surface area (TPSA) is 57.0 Å². The summed E-state index contributed by atoms with van der Waals surface area (Å²) in [7, 11) is 1.90. The molecule has 5 nitrogen and oxygen atoms in total. The number of rotatable bonds is 3. The second-order valence-electron chi connectivity index (χ2n) is 5.26. The molecule has 2 heterocycles. The Morgan fingerprint density at radius 3 is 2.74 bits per heavy atom. The summed E-state index contributed by atoms with van der Waals surface area (Å²) in [4.78, 5) is 20.1. The highest BCUT2D eigenvalue weighted by Gasteiger charge is 2.12. The number of nitrogens with zero attached hydrogens (tertiary/aromatic N) is 3. The van der Waals surface area contributed by atoms with Gasteiger partial charge in [0, 0.05) is 18.8 Å². The minimum absolute atomic E-state index is 0.400. The molecule has 5 heteroatoms. The number of benzene rings is 2. The summed E-state index contributed by atoms with van der Waals surface area (Å²) < 4.78 is 7.81. The highest BCUT2D eigenvalue weighted by atomic mass is 16.5. The zero-order valence-electron chi connectivity index (χ0n) is 12.4. The minimum Gasteiger partial charge on any atom is -0.437 e. The van der Waals surface area contributed by atoms with Gasteiger partial charge in [-0.15, -0.1) is 0 Å². The maximum Gasteiger partial charge on any atom is 0.238 e. The third kappa shape index (κ3) is 2.23. The number of ether oxygens (including phenoxy) is 1. The lowest BCUT2D eigenvalue weighted by Gasteiger charge is -2.07. The Balaban J connectivity index is 1.84. The van der Waals surface area contributed by atoms with Crippen molar-refractivity contribution in [2.75, 3.05) is 0 Å². The van der Waals surface area contributed by atoms with Crippen molar-refractivity contribution in [2.24, 2.45) is 7.05 Å². The third-order valence-corrected chi connectivity index (χ3v) is 3.77. The van der Waals surface area contributed by atoms with Gasteiger partial charge in [-0.1, -0.05) is 18.2 Å². The van der Waals surface area contributed by atoms with Crippen LogP contribution in [0.1, 0.15) is 10.4 Å². The highest BCUT2D eigenvalue weighted by molar-refractivity contribution is 6.01. The normalized spacial score (nSPS) is 11.0. The molecular weight excluding hydrogens is 290 g/mol. The number of hydrogen-bond donors (Lipinski definition) is 0. The van der Waals surface area contributed by atoms with Gasteiger partial charge in [0.05, 0.1) is 28.1 Å². The van der Waals surface area contributed by atoms with Gasteiger partial charge in [-0.3, -0.25) is 4.79 Å². The van der Waals surface area contributed by atoms with Gasteiger partial charge < -0.3 is 9.30 Å². The highest BCUT2D eigenvalue weighted by Crippen LogP contribution is 2.32. The van der Waals surface area contributed by atoms with Crippen LogP contribution in [0.4, 0.5) is 0 Å². The average Bonchev–Trinajstić information content (AvgIpc) is 2.92. The summed E-state index contributed by atoms with van der Waals surface area (Å²) in [6, 6.07) is 13.3. The molecule has 0 saturated heterocycles. The zero-order valence-corrected chi connectivity index (χ0v) is 12.4. The summed E-state index contributed by atoms with van der Waals surface area (Å²) in [6.45, 7) is 0. The fourth-order valence-electron chi connectivity index (χ4n) is 2.72. The lowest BCUT2D eigenvalue weighted by molar-refractivity contribution is 0.112. The van der Waals surface area contributed by atoms with Crippen LogP contribution in [-0.4, -0.2) is 20.8 Å². The Kier molecular flexibility index (Phi) is 3.05. The SMILES string of the molecule is Cn1cc(C=O)c2c(Oc3cnc4ccccc4n3)cccc21. The molecule has 0 N–H and O–H groups in total. The molecule has 0 saturated carbocycles. The summed E-state index contributed by atoms with van der Waals surface area (Å²) in [5.74, 6) is 0.992. The summed E-state index contributed by atoms with van der Waals surface area (Å²) in [5.41, 5.74) is 3.09. The van der Waals surface area contributed by atoms with Gasteiger partial charge in [0.1, 0.15) is 5.75 Å². The molecule has 0 radical (unpaired) electrons. The first kappa shape index (κ1) is 13.5. The molecule has 0 amide bonds. The molecule has 112 valence electrons. The van der Waals surface area contributed by atoms with Crippen LogP contribution in [0.3, 0.4) is 0 Å². The van der Waals surface area contributed by atoms with Crippen LogP contribution in [0, 0.1) is 0 Å². The van der Waals surface area contributed by atoms with E-state index >= 15 is 0 Å². The maximum atomic E-state index is 11.3. The van der Waals surface area contributed by atoms with Crippen molar-refractivity contribution in [3.8, 4) is 11.6 Å². The summed E-state index contributed by atoms with van der Waals surface area (Å²) >= 11 is 0. The Morgan fingerprint density at radius 1 is 1.09 bits per heavy atom. The molecule has 2 aromatic heterocycles. The second kappa shape index (κ2) is 5.21. The Bertz CT molecular complexity index is 1040. The average molecular weight is 303 g/mol. The molecule has 0 atom stereocenters. The van der Waals surface area contributed by atoms with E-state index in [0.717, 1.165) is 28.2 Å². The van der Waals surface area contributed by atoms with Crippen LogP contribution in [0.25, 0.3) is 21.9 Å². The number of aldehydes is 1. The standard InChI is InChI=1S/C18H13N3O2/c1-21-10-12(11-22)18-15(21)7-4-8-16(18)23-17-9-19-13-5-2-3-6-14(13)20-17/h2-11H,1H3. The number of fused-ring (bicyclic) bond motifs is 2. The van der Waals surface area contributed by atoms with Gasteiger partial charge in [-0.25, -0.2) is 9.97 Å². The summed E-state index contributed by atoms with van der Waals surface area (Å²) in [6.07, 6.45) is 4.21. The van der Waals surface area contributed by atoms with Crippen molar-refractivity contribution in [1.29, 1.82) is 0 Å². The van der Waals surface area contributed by atoms with Gasteiger partial charge in [0.2, 0.25) is 5.88 Å². The van der Waals surface area contributed by atoms with Crippen molar-refractivity contribution >= 4 is 28.2 Å². The minimum atomic E-state index is 0.400. The van der Waals surface area contributed by atoms with Crippen LogP contribution >= 0.6 is 0 Å². The molecule has 0 fully saturated rings. The van der Waals surface area contributed by atoms with E-state index in [2.05, 4.69) is 9.97 Å². The van der Waals surface area contributed by atoms with E-state index in [4.69, 9.17) is 4.74 Å². The molecule has 2 aromatic carbocycles. The van der Waals surface area contributed by atoms with Gasteiger partial charge >= 0.3 is 0 Å². The van der Waals surface area contributed by atoms with Gasteiger partial charge in [-0.05, 0) is 24.3 Å². The lowest BCUT2D eigenvalue weighted by atomic mass is 10.1. The predicted molar refractivity (Wildman–Crippen MR) is 87.9 cm³/mol. The molecule has 0 bridgehead atoms. The Morgan fingerprint density at radius 2 is 1.91 bits per heavy atom. The number of aryl methyl sites for hydroxylation is 1. The maximum absolute atomic E-state index is 11.3. The molecular formula is C18H13N3O2. The zero-order chi connectivity index (χ0) is 15.8. The quantitative estimate of drug-likeness (QED) is 0.541. The van der Waals surface area contributed by atoms with Crippen molar-refractivity contribution in [1.82, 2.24) is 14.5 Å². The number of carbonyl (C=O) groups excluding carboxylic acids is 1. The van der Waals surface area contributed by atoms with E-state index in [9.17, 15) is 4.79 Å². The number of hydrogen-bond acceptors (Lipinski definition) is 4. The van der Waals surface area contributed by atoms with Crippen molar-refractivity contribution in [3.63, 3.8) is 0 Å². The van der Waals surface area contributed by atoms with Crippen LogP contribution < -0.4 is 4.74 Å². The predicted octanol–water partition coefficient (Wildman–Crippen LogP) is 3.73. The molecule has 0 aliphatic carbocycles. The van der Waals surface area contributed by atoms with E-state index in [1.54, 1.807) is 12.4 Å². The second-order valence-corrected chi connectivity index (χ2v) is 5.26. The van der Waals surface area contributed by atoms with Crippen LogP contribution in [-0.2, 0) is 7.05 Å². The fraction of sp³-hybridized carbons (Fsp3) is 0.0556. The van der Waals surface area contributed by atoms with E-state index in [1.165, 1.54) is 0 Å². The van der Waals surface area contributed by atoms with Gasteiger partial charge in [-0.2, -0.15) is 0 Å². The Labute approximate surface area is 132 Å². The fourth-order valence-corrected chi connectivity index (χ4v) is 2.72.